The van der Waals surface area contributed by atoms with E-state index in [-0.39, 0.29) is 0 Å². The third kappa shape index (κ3) is 1.73. The molecular weight excluding hydrogens is 272 g/mol. The normalized spacial score (nSPS) is 34.0. The Hall–Kier alpha value is -2.18. The molecule has 1 aromatic carbocycles. The second-order valence-electron chi connectivity index (χ2n) is 5.66. The van der Waals surface area contributed by atoms with Crippen LogP contribution in [0.2, 0.25) is 0 Å². The molecule has 0 bridgehead atoms. The Kier molecular flexibility index (Phi) is 2.73. The van der Waals surface area contributed by atoms with Crippen LogP contribution in [0.25, 0.3) is 6.08 Å². The highest BCUT2D eigenvalue weighted by Crippen LogP contribution is 2.37. The first kappa shape index (κ1) is 13.8. The zero-order valence-electron chi connectivity index (χ0n) is 11.7. The minimum absolute atomic E-state index is 0.341. The monoisotopic (exact) mass is 288 g/mol. The lowest BCUT2D eigenvalue weighted by atomic mass is 9.83. The molecule has 0 spiro atoms. The van der Waals surface area contributed by atoms with E-state index in [4.69, 9.17) is 0 Å². The van der Waals surface area contributed by atoms with Gasteiger partial charge >= 0.3 is 5.97 Å². The highest BCUT2D eigenvalue weighted by molar-refractivity contribution is 6.07. The third-order valence-corrected chi connectivity index (χ3v) is 4.14. The van der Waals surface area contributed by atoms with Crippen LogP contribution < -0.4 is 0 Å². The fourth-order valence-corrected chi connectivity index (χ4v) is 2.79. The average molecular weight is 288 g/mol. The first-order valence-electron chi connectivity index (χ1n) is 6.59. The lowest BCUT2D eigenvalue weighted by Crippen LogP contribution is -2.68. The summed E-state index contributed by atoms with van der Waals surface area (Å²) < 4.78 is 0. The van der Waals surface area contributed by atoms with Gasteiger partial charge in [0.25, 0.3) is 0 Å². The van der Waals surface area contributed by atoms with Crippen molar-refractivity contribution in [3.05, 3.63) is 41.6 Å². The molecule has 2 heterocycles. The number of carbonyl (C=O) groups is 1. The van der Waals surface area contributed by atoms with Crippen molar-refractivity contribution in [2.45, 2.75) is 31.2 Å². The standard InChI is InChI=1S/C15H16N2O4/c1-14(13(19)20)12(18)15(2,21)17-8-7-9-5-3-4-6-10(9)11(17)16-14/h3-8,12,18,21H,1-2H3,(H,19,20)/t12?,14-,15+/m0/s1. The minimum Gasteiger partial charge on any atom is -0.479 e. The maximum Gasteiger partial charge on any atom is 0.334 e. The molecule has 2 aliphatic rings. The van der Waals surface area contributed by atoms with Crippen LogP contribution in [0.5, 0.6) is 0 Å². The van der Waals surface area contributed by atoms with Crippen molar-refractivity contribution in [3.63, 3.8) is 0 Å². The molecule has 0 amide bonds. The Morgan fingerprint density at radius 3 is 2.67 bits per heavy atom. The van der Waals surface area contributed by atoms with Gasteiger partial charge in [-0.2, -0.15) is 0 Å². The summed E-state index contributed by atoms with van der Waals surface area (Å²) in [4.78, 5) is 17.2. The molecule has 3 atom stereocenters. The lowest BCUT2D eigenvalue weighted by molar-refractivity contribution is -0.177. The van der Waals surface area contributed by atoms with Crippen LogP contribution in [0.15, 0.2) is 35.5 Å². The molecule has 0 saturated heterocycles. The van der Waals surface area contributed by atoms with E-state index >= 15 is 0 Å². The quantitative estimate of drug-likeness (QED) is 0.705. The van der Waals surface area contributed by atoms with Gasteiger partial charge in [-0.3, -0.25) is 0 Å². The van der Waals surface area contributed by atoms with E-state index in [0.29, 0.717) is 5.84 Å². The van der Waals surface area contributed by atoms with E-state index in [0.717, 1.165) is 11.1 Å². The van der Waals surface area contributed by atoms with Crippen LogP contribution in [-0.2, 0) is 4.79 Å². The number of carboxylic acids is 1. The maximum absolute atomic E-state index is 11.5. The van der Waals surface area contributed by atoms with Gasteiger partial charge in [-0.15, -0.1) is 0 Å². The molecule has 2 aliphatic heterocycles. The number of aliphatic carboxylic acids is 1. The van der Waals surface area contributed by atoms with Crippen LogP contribution in [-0.4, -0.2) is 49.4 Å². The number of aliphatic imine (C=N–C) groups is 1. The van der Waals surface area contributed by atoms with E-state index < -0.39 is 23.3 Å². The van der Waals surface area contributed by atoms with Crippen LogP contribution in [0, 0.1) is 0 Å². The Morgan fingerprint density at radius 2 is 2.00 bits per heavy atom. The summed E-state index contributed by atoms with van der Waals surface area (Å²) in [6.45, 7) is 2.69. The molecule has 6 nitrogen and oxygen atoms in total. The van der Waals surface area contributed by atoms with Crippen molar-refractivity contribution in [1.82, 2.24) is 4.90 Å². The number of nitrogens with zero attached hydrogens (tertiary/aromatic N) is 2. The number of benzene rings is 1. The molecule has 0 radical (unpaired) electrons. The molecule has 1 aromatic rings. The summed E-state index contributed by atoms with van der Waals surface area (Å²) >= 11 is 0. The molecule has 21 heavy (non-hydrogen) atoms. The van der Waals surface area contributed by atoms with E-state index in [2.05, 4.69) is 4.99 Å². The molecule has 110 valence electrons. The van der Waals surface area contributed by atoms with Gasteiger partial charge in [0, 0.05) is 11.8 Å². The summed E-state index contributed by atoms with van der Waals surface area (Å²) in [6.07, 6.45) is 1.83. The first-order valence-corrected chi connectivity index (χ1v) is 6.59. The van der Waals surface area contributed by atoms with Crippen molar-refractivity contribution < 1.29 is 20.1 Å². The number of carboxylic acid groups (broad SMARTS) is 1. The number of aliphatic hydroxyl groups is 2. The predicted molar refractivity (Wildman–Crippen MR) is 76.5 cm³/mol. The Morgan fingerprint density at radius 1 is 1.33 bits per heavy atom. The molecule has 0 aliphatic carbocycles. The van der Waals surface area contributed by atoms with Crippen molar-refractivity contribution >= 4 is 17.9 Å². The molecule has 0 aromatic heterocycles. The van der Waals surface area contributed by atoms with Crippen molar-refractivity contribution in [1.29, 1.82) is 0 Å². The van der Waals surface area contributed by atoms with Crippen molar-refractivity contribution in [2.24, 2.45) is 4.99 Å². The van der Waals surface area contributed by atoms with Crippen LogP contribution in [0.3, 0.4) is 0 Å². The number of amidine groups is 1. The third-order valence-electron chi connectivity index (χ3n) is 4.14. The zero-order chi connectivity index (χ0) is 15.4. The molecule has 3 N–H and O–H groups in total. The number of hydrogen-bond acceptors (Lipinski definition) is 5. The van der Waals surface area contributed by atoms with Gasteiger partial charge in [-0.1, -0.05) is 24.3 Å². The van der Waals surface area contributed by atoms with Gasteiger partial charge in [0.15, 0.2) is 11.3 Å². The van der Waals surface area contributed by atoms with Crippen LogP contribution in [0.4, 0.5) is 0 Å². The van der Waals surface area contributed by atoms with Gasteiger partial charge < -0.3 is 20.2 Å². The first-order chi connectivity index (χ1) is 9.78. The van der Waals surface area contributed by atoms with E-state index in [9.17, 15) is 20.1 Å². The summed E-state index contributed by atoms with van der Waals surface area (Å²) in [6, 6.07) is 7.37. The average Bonchev–Trinajstić information content (AvgIpc) is 2.45. The Labute approximate surface area is 121 Å². The predicted octanol–water partition coefficient (Wildman–Crippen LogP) is 0.646. The zero-order valence-corrected chi connectivity index (χ0v) is 11.7. The second-order valence-corrected chi connectivity index (χ2v) is 5.66. The lowest BCUT2D eigenvalue weighted by Gasteiger charge is -2.49. The summed E-state index contributed by atoms with van der Waals surface area (Å²) in [7, 11) is 0. The van der Waals surface area contributed by atoms with Crippen LogP contribution in [0.1, 0.15) is 25.0 Å². The summed E-state index contributed by atoms with van der Waals surface area (Å²) in [5.41, 5.74) is -1.98. The molecular formula is C15H16N2O4. The van der Waals surface area contributed by atoms with E-state index in [1.165, 1.54) is 18.7 Å². The Balaban J connectivity index is 2.27. The van der Waals surface area contributed by atoms with Crippen molar-refractivity contribution in [2.75, 3.05) is 0 Å². The number of rotatable bonds is 1. The van der Waals surface area contributed by atoms with Crippen LogP contribution >= 0.6 is 0 Å². The van der Waals surface area contributed by atoms with Gasteiger partial charge in [0.2, 0.25) is 0 Å². The second kappa shape index (κ2) is 4.16. The summed E-state index contributed by atoms with van der Waals surface area (Å²) in [5, 5.41) is 30.4. The van der Waals surface area contributed by atoms with E-state index in [1.807, 2.05) is 18.2 Å². The number of fused-ring (bicyclic) bond motifs is 3. The van der Waals surface area contributed by atoms with E-state index in [1.54, 1.807) is 18.3 Å². The molecule has 6 heteroatoms. The summed E-state index contributed by atoms with van der Waals surface area (Å²) in [5.74, 6) is -0.942. The highest BCUT2D eigenvalue weighted by atomic mass is 16.4. The van der Waals surface area contributed by atoms with Crippen molar-refractivity contribution in [3.8, 4) is 0 Å². The minimum atomic E-state index is -1.81. The SMILES string of the molecule is C[C@]1(C(=O)O)N=C2c3ccccc3C=CN2[C@](C)(O)C1O. The van der Waals surface area contributed by atoms with Gasteiger partial charge in [0.1, 0.15) is 11.9 Å². The molecule has 0 fully saturated rings. The number of aliphatic hydroxyl groups excluding tert-OH is 1. The smallest absolute Gasteiger partial charge is 0.334 e. The fourth-order valence-electron chi connectivity index (χ4n) is 2.79. The number of hydrogen-bond donors (Lipinski definition) is 3. The molecule has 1 unspecified atom stereocenters. The maximum atomic E-state index is 11.5. The topological polar surface area (TPSA) is 93.4 Å². The van der Waals surface area contributed by atoms with Gasteiger partial charge in [0.05, 0.1) is 0 Å². The highest BCUT2D eigenvalue weighted by Gasteiger charge is 2.57. The largest absolute Gasteiger partial charge is 0.479 e. The molecule has 3 rings (SSSR count). The van der Waals surface area contributed by atoms with Gasteiger partial charge in [-0.05, 0) is 25.5 Å². The molecule has 0 saturated carbocycles. The van der Waals surface area contributed by atoms with Gasteiger partial charge in [-0.25, -0.2) is 9.79 Å². The fraction of sp³-hybridized carbons (Fsp3) is 0.333. The Bertz CT molecular complexity index is 680.